The van der Waals surface area contributed by atoms with Gasteiger partial charge < -0.3 is 19.5 Å². The SMILES string of the molecule is O=C(O)N1CCN(CCCCOc2cccc(OCc3ccccc3)c2[N+](=O)[O-])CC1. The third-order valence-electron chi connectivity index (χ3n) is 5.15. The predicted octanol–water partition coefficient (Wildman–Crippen LogP) is 3.63. The summed E-state index contributed by atoms with van der Waals surface area (Å²) in [5, 5.41) is 20.6. The number of carbonyl (C=O) groups is 1. The fourth-order valence-electron chi connectivity index (χ4n) is 3.43. The standard InChI is InChI=1S/C22H27N3O6/c26-22(27)24-14-12-23(13-15-24)11-4-5-16-30-19-9-6-10-20(21(19)25(28)29)31-17-18-7-2-1-3-8-18/h1-3,6-10H,4-5,11-17H2,(H,26,27). The Morgan fingerprint density at radius 3 is 2.29 bits per heavy atom. The van der Waals surface area contributed by atoms with Gasteiger partial charge in [0.1, 0.15) is 6.61 Å². The Labute approximate surface area is 180 Å². The summed E-state index contributed by atoms with van der Waals surface area (Å²) < 4.78 is 11.4. The van der Waals surface area contributed by atoms with Crippen molar-refractivity contribution in [3.05, 3.63) is 64.2 Å². The molecule has 1 fully saturated rings. The van der Waals surface area contributed by atoms with Crippen molar-refractivity contribution in [2.45, 2.75) is 19.4 Å². The van der Waals surface area contributed by atoms with Crippen LogP contribution in [0.1, 0.15) is 18.4 Å². The van der Waals surface area contributed by atoms with Gasteiger partial charge in [-0.2, -0.15) is 0 Å². The molecule has 0 atom stereocenters. The van der Waals surface area contributed by atoms with E-state index < -0.39 is 11.0 Å². The second-order valence-corrected chi connectivity index (χ2v) is 7.30. The van der Waals surface area contributed by atoms with Gasteiger partial charge in [0.05, 0.1) is 11.5 Å². The molecular weight excluding hydrogens is 402 g/mol. The van der Waals surface area contributed by atoms with Crippen LogP contribution in [0.4, 0.5) is 10.5 Å². The maximum atomic E-state index is 11.6. The number of nitro groups is 1. The molecule has 9 nitrogen and oxygen atoms in total. The third kappa shape index (κ3) is 6.58. The van der Waals surface area contributed by atoms with Crippen molar-refractivity contribution in [2.24, 2.45) is 0 Å². The minimum atomic E-state index is -0.871. The first-order chi connectivity index (χ1) is 15.0. The highest BCUT2D eigenvalue weighted by Crippen LogP contribution is 2.37. The van der Waals surface area contributed by atoms with E-state index in [-0.39, 0.29) is 23.8 Å². The largest absolute Gasteiger partial charge is 0.487 e. The number of amides is 1. The summed E-state index contributed by atoms with van der Waals surface area (Å²) in [7, 11) is 0. The quantitative estimate of drug-likeness (QED) is 0.349. The molecule has 1 heterocycles. The smallest absolute Gasteiger partial charge is 0.407 e. The molecule has 0 aliphatic carbocycles. The van der Waals surface area contributed by atoms with E-state index in [0.29, 0.717) is 19.7 Å². The number of hydrogen-bond donors (Lipinski definition) is 1. The number of carboxylic acid groups (broad SMARTS) is 1. The normalized spacial score (nSPS) is 14.3. The molecule has 0 spiro atoms. The number of nitro benzene ring substituents is 1. The molecule has 0 aromatic heterocycles. The molecule has 0 saturated carbocycles. The Bertz CT molecular complexity index is 869. The maximum absolute atomic E-state index is 11.6. The van der Waals surface area contributed by atoms with E-state index in [0.717, 1.165) is 38.0 Å². The number of nitrogens with zero attached hydrogens (tertiary/aromatic N) is 3. The summed E-state index contributed by atoms with van der Waals surface area (Å²) in [6, 6.07) is 14.3. The summed E-state index contributed by atoms with van der Waals surface area (Å²) in [5.74, 6) is 0.383. The number of para-hydroxylation sites is 1. The number of unbranched alkanes of at least 4 members (excludes halogenated alkanes) is 1. The Kier molecular flexibility index (Phi) is 8.05. The molecule has 1 aliphatic rings. The van der Waals surface area contributed by atoms with Gasteiger partial charge in [-0.1, -0.05) is 36.4 Å². The number of piperazine rings is 1. The molecule has 3 rings (SSSR count). The van der Waals surface area contributed by atoms with Crippen LogP contribution in [0.2, 0.25) is 0 Å². The summed E-state index contributed by atoms with van der Waals surface area (Å²) in [4.78, 5) is 25.7. The third-order valence-corrected chi connectivity index (χ3v) is 5.15. The van der Waals surface area contributed by atoms with Crippen molar-refractivity contribution in [3.8, 4) is 11.5 Å². The average molecular weight is 429 g/mol. The summed E-state index contributed by atoms with van der Waals surface area (Å²) >= 11 is 0. The Morgan fingerprint density at radius 2 is 1.65 bits per heavy atom. The van der Waals surface area contributed by atoms with Crippen molar-refractivity contribution < 1.29 is 24.3 Å². The molecular formula is C22H27N3O6. The van der Waals surface area contributed by atoms with Crippen molar-refractivity contribution in [1.29, 1.82) is 0 Å². The van der Waals surface area contributed by atoms with Gasteiger partial charge in [-0.3, -0.25) is 15.0 Å². The van der Waals surface area contributed by atoms with Gasteiger partial charge in [0.2, 0.25) is 11.5 Å². The van der Waals surface area contributed by atoms with Crippen LogP contribution in [0.3, 0.4) is 0 Å². The van der Waals surface area contributed by atoms with Crippen molar-refractivity contribution in [2.75, 3.05) is 39.3 Å². The minimum Gasteiger partial charge on any atom is -0.487 e. The van der Waals surface area contributed by atoms with E-state index in [1.807, 2.05) is 30.3 Å². The Morgan fingerprint density at radius 1 is 0.968 bits per heavy atom. The highest BCUT2D eigenvalue weighted by molar-refractivity contribution is 5.65. The average Bonchev–Trinajstić information content (AvgIpc) is 2.78. The molecule has 0 radical (unpaired) electrons. The number of hydrogen-bond acceptors (Lipinski definition) is 6. The van der Waals surface area contributed by atoms with Gasteiger partial charge in [-0.25, -0.2) is 4.79 Å². The van der Waals surface area contributed by atoms with Gasteiger partial charge in [-0.15, -0.1) is 0 Å². The van der Waals surface area contributed by atoms with Gasteiger partial charge >= 0.3 is 11.8 Å². The predicted molar refractivity (Wildman–Crippen MR) is 115 cm³/mol. The molecule has 0 bridgehead atoms. The highest BCUT2D eigenvalue weighted by atomic mass is 16.6. The van der Waals surface area contributed by atoms with Crippen LogP contribution in [0.25, 0.3) is 0 Å². The van der Waals surface area contributed by atoms with E-state index in [9.17, 15) is 14.9 Å². The van der Waals surface area contributed by atoms with Crippen LogP contribution < -0.4 is 9.47 Å². The Hall–Kier alpha value is -3.33. The number of benzene rings is 2. The van der Waals surface area contributed by atoms with Crippen molar-refractivity contribution in [1.82, 2.24) is 9.80 Å². The zero-order valence-corrected chi connectivity index (χ0v) is 17.3. The van der Waals surface area contributed by atoms with Gasteiger partial charge in [0.15, 0.2) is 0 Å². The zero-order chi connectivity index (χ0) is 22.1. The first-order valence-electron chi connectivity index (χ1n) is 10.3. The first kappa shape index (κ1) is 22.4. The van der Waals surface area contributed by atoms with Crippen LogP contribution in [0, 0.1) is 10.1 Å². The van der Waals surface area contributed by atoms with Crippen LogP contribution in [0.5, 0.6) is 11.5 Å². The minimum absolute atomic E-state index is 0.164. The highest BCUT2D eigenvalue weighted by Gasteiger charge is 2.23. The summed E-state index contributed by atoms with van der Waals surface area (Å²) in [5.41, 5.74) is 0.760. The lowest BCUT2D eigenvalue weighted by Gasteiger charge is -2.32. The molecule has 1 aliphatic heterocycles. The molecule has 0 unspecified atom stereocenters. The van der Waals surface area contributed by atoms with Gasteiger partial charge in [0.25, 0.3) is 0 Å². The van der Waals surface area contributed by atoms with E-state index in [2.05, 4.69) is 4.90 Å². The second-order valence-electron chi connectivity index (χ2n) is 7.30. The second kappa shape index (κ2) is 11.2. The van der Waals surface area contributed by atoms with Crippen LogP contribution in [0.15, 0.2) is 48.5 Å². The molecule has 1 saturated heterocycles. The fraction of sp³-hybridized carbons (Fsp3) is 0.409. The maximum Gasteiger partial charge on any atom is 0.407 e. The molecule has 2 aromatic rings. The van der Waals surface area contributed by atoms with Crippen LogP contribution >= 0.6 is 0 Å². The number of ether oxygens (including phenoxy) is 2. The molecule has 31 heavy (non-hydrogen) atoms. The lowest BCUT2D eigenvalue weighted by molar-refractivity contribution is -0.387. The van der Waals surface area contributed by atoms with Crippen molar-refractivity contribution in [3.63, 3.8) is 0 Å². The molecule has 1 N–H and O–H groups in total. The lowest BCUT2D eigenvalue weighted by Crippen LogP contribution is -2.48. The summed E-state index contributed by atoms with van der Waals surface area (Å²) in [6.07, 6.45) is 0.737. The summed E-state index contributed by atoms with van der Waals surface area (Å²) in [6.45, 7) is 3.93. The van der Waals surface area contributed by atoms with Gasteiger partial charge in [0, 0.05) is 26.2 Å². The lowest BCUT2D eigenvalue weighted by atomic mass is 10.2. The zero-order valence-electron chi connectivity index (χ0n) is 17.3. The van der Waals surface area contributed by atoms with E-state index in [1.165, 1.54) is 4.90 Å². The van der Waals surface area contributed by atoms with Gasteiger partial charge in [-0.05, 0) is 37.1 Å². The topological polar surface area (TPSA) is 105 Å². The number of rotatable bonds is 10. The molecule has 1 amide bonds. The Balaban J connectivity index is 1.46. The van der Waals surface area contributed by atoms with Crippen LogP contribution in [-0.2, 0) is 6.61 Å². The first-order valence-corrected chi connectivity index (χ1v) is 10.3. The van der Waals surface area contributed by atoms with E-state index >= 15 is 0 Å². The van der Waals surface area contributed by atoms with Crippen LogP contribution in [-0.4, -0.2) is 65.3 Å². The molecule has 166 valence electrons. The molecule has 2 aromatic carbocycles. The molecule has 9 heteroatoms. The monoisotopic (exact) mass is 429 g/mol. The van der Waals surface area contributed by atoms with Crippen molar-refractivity contribution >= 4 is 11.8 Å². The fourth-order valence-corrected chi connectivity index (χ4v) is 3.43. The van der Waals surface area contributed by atoms with E-state index in [1.54, 1.807) is 18.2 Å². The van der Waals surface area contributed by atoms with E-state index in [4.69, 9.17) is 14.6 Å².